The van der Waals surface area contributed by atoms with E-state index in [9.17, 15) is 12.8 Å². The van der Waals surface area contributed by atoms with Crippen molar-refractivity contribution >= 4 is 33.4 Å². The molecule has 8 heteroatoms. The number of aliphatic hydroxyl groups is 1. The summed E-state index contributed by atoms with van der Waals surface area (Å²) in [5, 5.41) is 9.15. The molecule has 0 heterocycles. The first-order chi connectivity index (χ1) is 9.29. The Kier molecular flexibility index (Phi) is 6.74. The number of nitrogens with one attached hydrogen (secondary N) is 1. The Balaban J connectivity index is 2.82. The summed E-state index contributed by atoms with van der Waals surface area (Å²) in [6.45, 7) is 1.51. The third kappa shape index (κ3) is 5.21. The van der Waals surface area contributed by atoms with Crippen LogP contribution in [0.5, 0.6) is 0 Å². The molecule has 0 aromatic heterocycles. The molecule has 0 aliphatic heterocycles. The van der Waals surface area contributed by atoms with Crippen LogP contribution in [0, 0.1) is 5.82 Å². The number of hydrogen-bond acceptors (Lipinski definition) is 4. The molecule has 1 aromatic rings. The minimum absolute atomic E-state index is 0.0156. The summed E-state index contributed by atoms with van der Waals surface area (Å²) in [7, 11) is -3.71. The molecule has 1 rings (SSSR count). The van der Waals surface area contributed by atoms with Gasteiger partial charge in [-0.05, 0) is 31.4 Å². The lowest BCUT2D eigenvalue weighted by molar-refractivity contribution is 0.282. The summed E-state index contributed by atoms with van der Waals surface area (Å²) in [4.78, 5) is 0. The second-order valence-corrected chi connectivity index (χ2v) is 7.63. The van der Waals surface area contributed by atoms with E-state index in [1.165, 1.54) is 23.9 Å². The van der Waals surface area contributed by atoms with E-state index >= 15 is 0 Å². The summed E-state index contributed by atoms with van der Waals surface area (Å²) in [6.07, 6.45) is 1.78. The van der Waals surface area contributed by atoms with Gasteiger partial charge in [-0.25, -0.2) is 17.5 Å². The lowest BCUT2D eigenvalue weighted by Crippen LogP contribution is -2.41. The van der Waals surface area contributed by atoms with E-state index in [4.69, 9.17) is 16.7 Å². The smallest absolute Gasteiger partial charge is 0.216 e. The second kappa shape index (κ2) is 7.61. The Hall–Kier alpha value is -0.340. The van der Waals surface area contributed by atoms with E-state index in [1.807, 2.05) is 0 Å². The number of rotatable bonds is 7. The zero-order valence-electron chi connectivity index (χ0n) is 11.1. The van der Waals surface area contributed by atoms with Gasteiger partial charge in [0.05, 0.1) is 12.4 Å². The molecule has 0 saturated carbocycles. The van der Waals surface area contributed by atoms with Crippen LogP contribution >= 0.6 is 23.4 Å². The molecular formula is C12H17ClFNO3S2. The molecule has 1 aromatic carbocycles. The van der Waals surface area contributed by atoms with E-state index in [1.54, 1.807) is 13.2 Å². The Labute approximate surface area is 127 Å². The van der Waals surface area contributed by atoms with Crippen molar-refractivity contribution in [3.8, 4) is 0 Å². The summed E-state index contributed by atoms with van der Waals surface area (Å²) < 4.78 is 40.0. The third-order valence-electron chi connectivity index (χ3n) is 2.76. The van der Waals surface area contributed by atoms with Gasteiger partial charge in [0.25, 0.3) is 0 Å². The maximum absolute atomic E-state index is 13.5. The molecule has 0 aliphatic carbocycles. The molecule has 0 saturated heterocycles. The lowest BCUT2D eigenvalue weighted by atomic mass is 10.2. The highest BCUT2D eigenvalue weighted by atomic mass is 35.5. The van der Waals surface area contributed by atoms with E-state index in [-0.39, 0.29) is 22.4 Å². The molecule has 20 heavy (non-hydrogen) atoms. The van der Waals surface area contributed by atoms with Gasteiger partial charge in [-0.2, -0.15) is 11.8 Å². The van der Waals surface area contributed by atoms with Crippen LogP contribution in [-0.4, -0.2) is 37.7 Å². The molecule has 0 aliphatic rings. The Morgan fingerprint density at radius 1 is 1.50 bits per heavy atom. The highest BCUT2D eigenvalue weighted by Gasteiger charge is 2.22. The van der Waals surface area contributed by atoms with Crippen molar-refractivity contribution in [1.82, 2.24) is 4.72 Å². The van der Waals surface area contributed by atoms with Gasteiger partial charge in [-0.3, -0.25) is 0 Å². The van der Waals surface area contributed by atoms with Gasteiger partial charge in [-0.15, -0.1) is 0 Å². The first kappa shape index (κ1) is 17.7. The van der Waals surface area contributed by atoms with Gasteiger partial charge in [0.2, 0.25) is 10.0 Å². The maximum Gasteiger partial charge on any atom is 0.216 e. The largest absolute Gasteiger partial charge is 0.395 e. The average molecular weight is 342 g/mol. The SMILES string of the molecule is CS[C@@H](CO)[C@@H](C)NS(=O)(=O)Cc1cc(Cl)ccc1F. The number of aliphatic hydroxyl groups excluding tert-OH is 1. The summed E-state index contributed by atoms with van der Waals surface area (Å²) in [5.74, 6) is -1.10. The van der Waals surface area contributed by atoms with E-state index < -0.39 is 27.6 Å². The zero-order valence-corrected chi connectivity index (χ0v) is 13.5. The van der Waals surface area contributed by atoms with Crippen molar-refractivity contribution in [3.63, 3.8) is 0 Å². The standard InChI is InChI=1S/C12H17ClFNO3S2/c1-8(12(6-16)19-2)15-20(17,18)7-9-5-10(13)3-4-11(9)14/h3-5,8,12,15-16H,6-7H2,1-2H3/t8-,12+/m1/s1. The van der Waals surface area contributed by atoms with Crippen LogP contribution in [-0.2, 0) is 15.8 Å². The van der Waals surface area contributed by atoms with Crippen molar-refractivity contribution in [3.05, 3.63) is 34.6 Å². The predicted molar refractivity (Wildman–Crippen MR) is 81.0 cm³/mol. The van der Waals surface area contributed by atoms with Crippen LogP contribution in [0.4, 0.5) is 4.39 Å². The monoisotopic (exact) mass is 341 g/mol. The Morgan fingerprint density at radius 2 is 2.15 bits per heavy atom. The molecule has 2 N–H and O–H groups in total. The first-order valence-corrected chi connectivity index (χ1v) is 9.18. The fraction of sp³-hybridized carbons (Fsp3) is 0.500. The second-order valence-electron chi connectivity index (χ2n) is 4.36. The highest BCUT2D eigenvalue weighted by molar-refractivity contribution is 7.99. The van der Waals surface area contributed by atoms with Gasteiger partial charge in [0.15, 0.2) is 0 Å². The molecule has 0 amide bonds. The number of halogens is 2. The minimum Gasteiger partial charge on any atom is -0.395 e. The predicted octanol–water partition coefficient (Wildman–Crippen LogP) is 2.01. The third-order valence-corrected chi connectivity index (χ3v) is 5.58. The number of benzene rings is 1. The topological polar surface area (TPSA) is 66.4 Å². The first-order valence-electron chi connectivity index (χ1n) is 5.86. The van der Waals surface area contributed by atoms with E-state index in [2.05, 4.69) is 4.72 Å². The number of hydrogen-bond donors (Lipinski definition) is 2. The summed E-state index contributed by atoms with van der Waals surface area (Å²) in [6, 6.07) is 3.33. The summed E-state index contributed by atoms with van der Waals surface area (Å²) >= 11 is 7.09. The van der Waals surface area contributed by atoms with Gasteiger partial charge in [0.1, 0.15) is 5.82 Å². The van der Waals surface area contributed by atoms with Gasteiger partial charge >= 0.3 is 0 Å². The van der Waals surface area contributed by atoms with Crippen molar-refractivity contribution < 1.29 is 17.9 Å². The summed E-state index contributed by atoms with van der Waals surface area (Å²) in [5.41, 5.74) is 0.0156. The highest BCUT2D eigenvalue weighted by Crippen LogP contribution is 2.18. The van der Waals surface area contributed by atoms with Crippen molar-refractivity contribution in [2.45, 2.75) is 24.0 Å². The molecule has 0 unspecified atom stereocenters. The molecule has 0 radical (unpaired) electrons. The molecule has 0 spiro atoms. The number of thioether (sulfide) groups is 1. The van der Waals surface area contributed by atoms with Crippen molar-refractivity contribution in [2.24, 2.45) is 0 Å². The van der Waals surface area contributed by atoms with E-state index in [0.29, 0.717) is 0 Å². The fourth-order valence-electron chi connectivity index (χ4n) is 1.70. The minimum atomic E-state index is -3.71. The van der Waals surface area contributed by atoms with Crippen LogP contribution in [0.2, 0.25) is 5.02 Å². The molecular weight excluding hydrogens is 325 g/mol. The van der Waals surface area contributed by atoms with Crippen LogP contribution in [0.25, 0.3) is 0 Å². The molecule has 0 bridgehead atoms. The fourth-order valence-corrected chi connectivity index (χ4v) is 4.05. The Morgan fingerprint density at radius 3 is 2.70 bits per heavy atom. The quantitative estimate of drug-likeness (QED) is 0.796. The van der Waals surface area contributed by atoms with Crippen LogP contribution in [0.15, 0.2) is 18.2 Å². The van der Waals surface area contributed by atoms with E-state index in [0.717, 1.165) is 6.07 Å². The average Bonchev–Trinajstić information content (AvgIpc) is 2.34. The molecule has 114 valence electrons. The van der Waals surface area contributed by atoms with Crippen molar-refractivity contribution in [1.29, 1.82) is 0 Å². The van der Waals surface area contributed by atoms with Crippen LogP contribution < -0.4 is 4.72 Å². The van der Waals surface area contributed by atoms with Crippen LogP contribution in [0.1, 0.15) is 12.5 Å². The van der Waals surface area contributed by atoms with Crippen molar-refractivity contribution in [2.75, 3.05) is 12.9 Å². The maximum atomic E-state index is 13.5. The normalized spacial score (nSPS) is 15.1. The molecule has 4 nitrogen and oxygen atoms in total. The molecule has 0 fully saturated rings. The lowest BCUT2D eigenvalue weighted by Gasteiger charge is -2.21. The zero-order chi connectivity index (χ0) is 15.3. The number of sulfonamides is 1. The van der Waals surface area contributed by atoms with Crippen LogP contribution in [0.3, 0.4) is 0 Å². The molecule has 2 atom stereocenters. The van der Waals surface area contributed by atoms with Gasteiger partial charge in [0, 0.05) is 21.9 Å². The van der Waals surface area contributed by atoms with Gasteiger partial charge < -0.3 is 5.11 Å². The Bertz CT molecular complexity index is 550. The van der Waals surface area contributed by atoms with Gasteiger partial charge in [-0.1, -0.05) is 11.6 Å².